The molecule has 1 N–H and O–H groups in total. The molecule has 0 atom stereocenters. The van der Waals surface area contributed by atoms with Crippen LogP contribution in [0.2, 0.25) is 0 Å². The number of hydrogen-bond donors (Lipinski definition) is 1. The Labute approximate surface area is 174 Å². The van der Waals surface area contributed by atoms with Crippen molar-refractivity contribution in [3.05, 3.63) is 70.6 Å². The summed E-state index contributed by atoms with van der Waals surface area (Å²) in [7, 11) is 0. The maximum Gasteiger partial charge on any atom is 0.411 e. The fraction of sp³-hybridized carbons (Fsp3) is 0.304. The number of hydrogen-bond acceptors (Lipinski definition) is 6. The molecule has 4 rings (SSSR count). The number of nitrogens with zero attached hydrogens (tertiary/aromatic N) is 2. The monoisotopic (exact) mass is 407 g/mol. The minimum Gasteiger partial charge on any atom is -0.450 e. The molecular weight excluding hydrogens is 382 g/mol. The Morgan fingerprint density at radius 2 is 1.83 bits per heavy atom. The van der Waals surface area contributed by atoms with Crippen LogP contribution in [0, 0.1) is 0 Å². The Morgan fingerprint density at radius 3 is 2.57 bits per heavy atom. The van der Waals surface area contributed by atoms with E-state index in [4.69, 9.17) is 9.15 Å². The molecule has 1 aliphatic rings. The van der Waals surface area contributed by atoms with Gasteiger partial charge < -0.3 is 14.1 Å². The van der Waals surface area contributed by atoms with Crippen molar-refractivity contribution in [2.24, 2.45) is 0 Å². The zero-order valence-corrected chi connectivity index (χ0v) is 17.0. The second kappa shape index (κ2) is 9.00. The van der Waals surface area contributed by atoms with E-state index < -0.39 is 11.7 Å². The topological polar surface area (TPSA) is 75.0 Å². The van der Waals surface area contributed by atoms with Gasteiger partial charge in [0, 0.05) is 61.6 Å². The Bertz CT molecular complexity index is 1070. The quantitative estimate of drug-likeness (QED) is 0.651. The molecule has 3 aromatic rings. The van der Waals surface area contributed by atoms with Crippen LogP contribution in [0.15, 0.2) is 63.8 Å². The minimum atomic E-state index is -0.536. The Hall–Kier alpha value is -3.32. The van der Waals surface area contributed by atoms with E-state index in [1.807, 2.05) is 12.1 Å². The molecule has 0 radical (unpaired) electrons. The van der Waals surface area contributed by atoms with Gasteiger partial charge in [-0.2, -0.15) is 0 Å². The van der Waals surface area contributed by atoms with E-state index in [1.165, 1.54) is 5.69 Å². The van der Waals surface area contributed by atoms with Gasteiger partial charge >= 0.3 is 11.7 Å². The summed E-state index contributed by atoms with van der Waals surface area (Å²) in [6.45, 7) is 6.42. The van der Waals surface area contributed by atoms with Gasteiger partial charge in [-0.05, 0) is 36.8 Å². The molecule has 0 spiro atoms. The van der Waals surface area contributed by atoms with Crippen LogP contribution in [0.5, 0.6) is 0 Å². The van der Waals surface area contributed by atoms with Crippen LogP contribution < -0.4 is 15.8 Å². The van der Waals surface area contributed by atoms with Gasteiger partial charge in [0.2, 0.25) is 0 Å². The van der Waals surface area contributed by atoms with Gasteiger partial charge in [0.15, 0.2) is 0 Å². The molecule has 1 aliphatic heterocycles. The first kappa shape index (κ1) is 20.0. The molecular formula is C23H25N3O4. The summed E-state index contributed by atoms with van der Waals surface area (Å²) in [5.41, 5.74) is 2.75. The van der Waals surface area contributed by atoms with Crippen LogP contribution in [0.3, 0.4) is 0 Å². The Morgan fingerprint density at radius 1 is 1.07 bits per heavy atom. The molecule has 1 aromatic heterocycles. The number of rotatable bonds is 5. The zero-order valence-electron chi connectivity index (χ0n) is 17.0. The van der Waals surface area contributed by atoms with Crippen molar-refractivity contribution in [1.82, 2.24) is 4.90 Å². The number of para-hydroxylation sites is 1. The third-order valence-electron chi connectivity index (χ3n) is 5.24. The number of carbonyl (C=O) groups excluding carboxylic acids is 1. The minimum absolute atomic E-state index is 0.288. The molecule has 156 valence electrons. The van der Waals surface area contributed by atoms with Crippen molar-refractivity contribution in [2.45, 2.75) is 13.5 Å². The normalized spacial score (nSPS) is 14.6. The first-order valence-electron chi connectivity index (χ1n) is 10.2. The lowest BCUT2D eigenvalue weighted by Gasteiger charge is -2.36. The highest BCUT2D eigenvalue weighted by Gasteiger charge is 2.19. The van der Waals surface area contributed by atoms with Gasteiger partial charge in [-0.1, -0.05) is 18.2 Å². The second-order valence-electron chi connectivity index (χ2n) is 7.25. The van der Waals surface area contributed by atoms with Crippen LogP contribution in [0.1, 0.15) is 12.5 Å². The molecule has 2 heterocycles. The van der Waals surface area contributed by atoms with E-state index in [0.717, 1.165) is 37.1 Å². The molecule has 7 heteroatoms. The predicted molar refractivity (Wildman–Crippen MR) is 117 cm³/mol. The molecule has 2 aromatic carbocycles. The number of carbonyl (C=O) groups is 1. The van der Waals surface area contributed by atoms with Gasteiger partial charge in [0.05, 0.1) is 6.61 Å². The van der Waals surface area contributed by atoms with Gasteiger partial charge in [-0.15, -0.1) is 0 Å². The van der Waals surface area contributed by atoms with Crippen LogP contribution >= 0.6 is 0 Å². The summed E-state index contributed by atoms with van der Waals surface area (Å²) < 4.78 is 10.3. The lowest BCUT2D eigenvalue weighted by molar-refractivity contribution is 0.168. The lowest BCUT2D eigenvalue weighted by atomic mass is 10.1. The summed E-state index contributed by atoms with van der Waals surface area (Å²) >= 11 is 0. The van der Waals surface area contributed by atoms with Gasteiger partial charge in [-0.25, -0.2) is 9.59 Å². The zero-order chi connectivity index (χ0) is 20.9. The van der Waals surface area contributed by atoms with E-state index in [-0.39, 0.29) is 6.61 Å². The van der Waals surface area contributed by atoms with Crippen molar-refractivity contribution in [1.29, 1.82) is 0 Å². The average molecular weight is 407 g/mol. The van der Waals surface area contributed by atoms with Gasteiger partial charge in [0.25, 0.3) is 0 Å². The largest absolute Gasteiger partial charge is 0.450 e. The molecule has 1 saturated heterocycles. The summed E-state index contributed by atoms with van der Waals surface area (Å²) in [6.07, 6.45) is -0.536. The first-order valence-corrected chi connectivity index (χ1v) is 10.2. The first-order chi connectivity index (χ1) is 14.6. The maximum atomic E-state index is 12.1. The van der Waals surface area contributed by atoms with Crippen LogP contribution in [-0.2, 0) is 11.3 Å². The lowest BCUT2D eigenvalue weighted by Crippen LogP contribution is -2.46. The highest BCUT2D eigenvalue weighted by molar-refractivity contribution is 5.89. The molecule has 0 saturated carbocycles. The smallest absolute Gasteiger partial charge is 0.411 e. The number of piperazine rings is 1. The third-order valence-corrected chi connectivity index (χ3v) is 5.24. The van der Waals surface area contributed by atoms with Crippen LogP contribution in [-0.4, -0.2) is 43.8 Å². The Kier molecular flexibility index (Phi) is 5.99. The molecule has 0 unspecified atom stereocenters. The molecule has 0 bridgehead atoms. The van der Waals surface area contributed by atoms with Crippen molar-refractivity contribution in [3.8, 4) is 0 Å². The van der Waals surface area contributed by atoms with E-state index in [0.29, 0.717) is 17.8 Å². The molecule has 30 heavy (non-hydrogen) atoms. The van der Waals surface area contributed by atoms with E-state index >= 15 is 0 Å². The van der Waals surface area contributed by atoms with Gasteiger partial charge in [-0.3, -0.25) is 10.2 Å². The highest BCUT2D eigenvalue weighted by Crippen LogP contribution is 2.23. The third kappa shape index (κ3) is 4.63. The van der Waals surface area contributed by atoms with E-state index in [2.05, 4.69) is 39.4 Å². The Balaban J connectivity index is 1.48. The number of amides is 1. The van der Waals surface area contributed by atoms with Crippen molar-refractivity contribution in [3.63, 3.8) is 0 Å². The molecule has 7 nitrogen and oxygen atoms in total. The number of anilines is 2. The molecule has 1 fully saturated rings. The van der Waals surface area contributed by atoms with Crippen molar-refractivity contribution >= 4 is 28.4 Å². The van der Waals surface area contributed by atoms with Crippen molar-refractivity contribution < 1.29 is 13.9 Å². The SMILES string of the molecule is CCOC(=O)Nc1ccc2c(CN3CCN(c4ccccc4)CC3)cc(=O)oc2c1. The predicted octanol–water partition coefficient (Wildman–Crippen LogP) is 3.68. The number of nitrogens with one attached hydrogen (secondary N) is 1. The number of benzene rings is 2. The standard InChI is InChI=1S/C23H25N3O4/c1-2-29-23(28)24-18-8-9-20-17(14-22(27)30-21(20)15-18)16-25-10-12-26(13-11-25)19-6-4-3-5-7-19/h3-9,14-15H,2,10-13,16H2,1H3,(H,24,28). The summed E-state index contributed by atoms with van der Waals surface area (Å²) in [5.74, 6) is 0. The van der Waals surface area contributed by atoms with Gasteiger partial charge in [0.1, 0.15) is 5.58 Å². The summed E-state index contributed by atoms with van der Waals surface area (Å²) in [6, 6.07) is 17.3. The van der Waals surface area contributed by atoms with Crippen LogP contribution in [0.25, 0.3) is 11.0 Å². The fourth-order valence-electron chi connectivity index (χ4n) is 3.77. The second-order valence-corrected chi connectivity index (χ2v) is 7.25. The van der Waals surface area contributed by atoms with Crippen LogP contribution in [0.4, 0.5) is 16.2 Å². The number of fused-ring (bicyclic) bond motifs is 1. The number of ether oxygens (including phenoxy) is 1. The maximum absolute atomic E-state index is 12.1. The molecule has 1 amide bonds. The summed E-state index contributed by atoms with van der Waals surface area (Å²) in [5, 5.41) is 3.51. The molecule has 0 aliphatic carbocycles. The highest BCUT2D eigenvalue weighted by atomic mass is 16.5. The van der Waals surface area contributed by atoms with Crippen molar-refractivity contribution in [2.75, 3.05) is 43.0 Å². The summed E-state index contributed by atoms with van der Waals surface area (Å²) in [4.78, 5) is 28.5. The average Bonchev–Trinajstić information content (AvgIpc) is 2.75. The van der Waals surface area contributed by atoms with E-state index in [9.17, 15) is 9.59 Å². The fourth-order valence-corrected chi connectivity index (χ4v) is 3.77. The van der Waals surface area contributed by atoms with E-state index in [1.54, 1.807) is 25.1 Å².